The van der Waals surface area contributed by atoms with Gasteiger partial charge in [-0.25, -0.2) is 0 Å². The summed E-state index contributed by atoms with van der Waals surface area (Å²) in [5.41, 5.74) is 0. The Morgan fingerprint density at radius 1 is 1.35 bits per heavy atom. The third kappa shape index (κ3) is 5.95. The van der Waals surface area contributed by atoms with Gasteiger partial charge in [0.15, 0.2) is 0 Å². The Labute approximate surface area is 107 Å². The zero-order valence-electron chi connectivity index (χ0n) is 10.7. The molecule has 0 aromatic carbocycles. The van der Waals surface area contributed by atoms with Gasteiger partial charge in [0, 0.05) is 13.2 Å². The monoisotopic (exact) mass is 259 g/mol. The molecule has 1 N–H and O–H groups in total. The first-order valence-electron chi connectivity index (χ1n) is 6.03. The quantitative estimate of drug-likeness (QED) is 0.686. The number of ether oxygens (including phenoxy) is 2. The molecule has 17 heavy (non-hydrogen) atoms. The highest BCUT2D eigenvalue weighted by Crippen LogP contribution is 2.18. The number of rotatable bonds is 9. The van der Waals surface area contributed by atoms with E-state index in [9.17, 15) is 0 Å². The third-order valence-electron chi connectivity index (χ3n) is 2.01. The second-order valence-corrected chi connectivity index (χ2v) is 4.75. The van der Waals surface area contributed by atoms with Crippen molar-refractivity contribution in [3.05, 3.63) is 5.01 Å². The van der Waals surface area contributed by atoms with Gasteiger partial charge in [-0.2, -0.15) is 0 Å². The average Bonchev–Trinajstić information content (AvgIpc) is 2.74. The fraction of sp³-hybridized carbons (Fsp3) is 0.818. The minimum Gasteiger partial charge on any atom is -0.463 e. The van der Waals surface area contributed by atoms with E-state index in [0.29, 0.717) is 18.4 Å². The number of hydrogen-bond donors (Lipinski definition) is 1. The van der Waals surface area contributed by atoms with Crippen molar-refractivity contribution in [1.29, 1.82) is 0 Å². The summed E-state index contributed by atoms with van der Waals surface area (Å²) in [5.74, 6) is 0. The Kier molecular flexibility index (Phi) is 7.07. The molecule has 1 unspecified atom stereocenters. The summed E-state index contributed by atoms with van der Waals surface area (Å²) in [6.07, 6.45) is 1.13. The van der Waals surface area contributed by atoms with Crippen molar-refractivity contribution in [2.24, 2.45) is 0 Å². The zero-order valence-corrected chi connectivity index (χ0v) is 11.5. The van der Waals surface area contributed by atoms with Crippen LogP contribution in [0.4, 0.5) is 0 Å². The lowest BCUT2D eigenvalue weighted by Crippen LogP contribution is -2.18. The summed E-state index contributed by atoms with van der Waals surface area (Å²) in [5, 5.41) is 12.9. The lowest BCUT2D eigenvalue weighted by atomic mass is 10.4. The lowest BCUT2D eigenvalue weighted by molar-refractivity contribution is 0.0652. The van der Waals surface area contributed by atoms with Crippen LogP contribution in [0.3, 0.4) is 0 Å². The number of nitrogens with zero attached hydrogens (tertiary/aromatic N) is 2. The van der Waals surface area contributed by atoms with Crippen molar-refractivity contribution in [1.82, 2.24) is 15.5 Å². The molecule has 6 heteroatoms. The molecule has 0 fully saturated rings. The summed E-state index contributed by atoms with van der Waals surface area (Å²) in [4.78, 5) is 0. The highest BCUT2D eigenvalue weighted by Gasteiger charge is 2.09. The van der Waals surface area contributed by atoms with E-state index in [1.165, 1.54) is 11.3 Å². The highest BCUT2D eigenvalue weighted by atomic mass is 32.1. The average molecular weight is 259 g/mol. The molecule has 0 bridgehead atoms. The van der Waals surface area contributed by atoms with Crippen LogP contribution in [0.5, 0.6) is 5.19 Å². The summed E-state index contributed by atoms with van der Waals surface area (Å²) >= 11 is 1.48. The van der Waals surface area contributed by atoms with Crippen LogP contribution >= 0.6 is 11.3 Å². The summed E-state index contributed by atoms with van der Waals surface area (Å²) in [6, 6.07) is 0. The van der Waals surface area contributed by atoms with E-state index in [1.807, 2.05) is 13.8 Å². The van der Waals surface area contributed by atoms with Crippen molar-refractivity contribution < 1.29 is 9.47 Å². The van der Waals surface area contributed by atoms with E-state index < -0.39 is 0 Å². The zero-order chi connectivity index (χ0) is 12.5. The van der Waals surface area contributed by atoms with Crippen LogP contribution in [0, 0.1) is 0 Å². The molecule has 0 amide bonds. The standard InChI is InChI=1S/C11H21N3O2S/c1-4-6-12-7-10-13-14-11(17-10)16-9(3)8-15-5-2/h9,12H,4-8H2,1-3H3. The van der Waals surface area contributed by atoms with Gasteiger partial charge in [-0.1, -0.05) is 23.4 Å². The molecular weight excluding hydrogens is 238 g/mol. The van der Waals surface area contributed by atoms with Crippen molar-refractivity contribution in [2.45, 2.75) is 39.8 Å². The molecular formula is C11H21N3O2S. The molecule has 5 nitrogen and oxygen atoms in total. The molecule has 1 heterocycles. The van der Waals surface area contributed by atoms with Gasteiger partial charge in [-0.05, 0) is 26.8 Å². The van der Waals surface area contributed by atoms with Crippen molar-refractivity contribution >= 4 is 11.3 Å². The van der Waals surface area contributed by atoms with Gasteiger partial charge < -0.3 is 14.8 Å². The largest absolute Gasteiger partial charge is 0.463 e. The molecule has 0 saturated carbocycles. The van der Waals surface area contributed by atoms with Crippen molar-refractivity contribution in [3.63, 3.8) is 0 Å². The van der Waals surface area contributed by atoms with E-state index in [-0.39, 0.29) is 6.10 Å². The van der Waals surface area contributed by atoms with E-state index in [1.54, 1.807) is 0 Å². The van der Waals surface area contributed by atoms with Crippen LogP contribution in [0.15, 0.2) is 0 Å². The molecule has 0 spiro atoms. The van der Waals surface area contributed by atoms with Gasteiger partial charge in [0.25, 0.3) is 5.19 Å². The minimum atomic E-state index is 0.0133. The Morgan fingerprint density at radius 3 is 2.88 bits per heavy atom. The molecule has 1 aromatic heterocycles. The molecule has 1 aromatic rings. The molecule has 0 aliphatic heterocycles. The smallest absolute Gasteiger partial charge is 0.294 e. The third-order valence-corrected chi connectivity index (χ3v) is 2.82. The number of aromatic nitrogens is 2. The Morgan fingerprint density at radius 2 is 2.18 bits per heavy atom. The van der Waals surface area contributed by atoms with Crippen molar-refractivity contribution in [2.75, 3.05) is 19.8 Å². The minimum absolute atomic E-state index is 0.0133. The Bertz CT molecular complexity index is 307. The van der Waals surface area contributed by atoms with Crippen LogP contribution < -0.4 is 10.1 Å². The van der Waals surface area contributed by atoms with E-state index in [0.717, 1.165) is 24.5 Å². The van der Waals surface area contributed by atoms with E-state index >= 15 is 0 Å². The SMILES string of the molecule is CCCNCc1nnc(OC(C)COCC)s1. The maximum Gasteiger partial charge on any atom is 0.294 e. The number of nitrogens with one attached hydrogen (secondary N) is 1. The fourth-order valence-electron chi connectivity index (χ4n) is 1.22. The molecule has 98 valence electrons. The predicted molar refractivity (Wildman–Crippen MR) is 68.5 cm³/mol. The van der Waals surface area contributed by atoms with Gasteiger partial charge in [0.1, 0.15) is 11.1 Å². The Balaban J connectivity index is 2.29. The predicted octanol–water partition coefficient (Wildman–Crippen LogP) is 1.84. The highest BCUT2D eigenvalue weighted by molar-refractivity contribution is 7.13. The first-order valence-corrected chi connectivity index (χ1v) is 6.85. The second kappa shape index (κ2) is 8.38. The van der Waals surface area contributed by atoms with E-state index in [2.05, 4.69) is 22.4 Å². The van der Waals surface area contributed by atoms with Crippen LogP contribution in [0.25, 0.3) is 0 Å². The lowest BCUT2D eigenvalue weighted by Gasteiger charge is -2.10. The Hall–Kier alpha value is -0.720. The summed E-state index contributed by atoms with van der Waals surface area (Å²) in [6.45, 7) is 9.11. The summed E-state index contributed by atoms with van der Waals surface area (Å²) in [7, 11) is 0. The van der Waals surface area contributed by atoms with Gasteiger partial charge >= 0.3 is 0 Å². The van der Waals surface area contributed by atoms with Crippen LogP contribution in [0.1, 0.15) is 32.2 Å². The van der Waals surface area contributed by atoms with Crippen LogP contribution in [-0.2, 0) is 11.3 Å². The number of hydrogen-bond acceptors (Lipinski definition) is 6. The maximum absolute atomic E-state index is 5.60. The van der Waals surface area contributed by atoms with Gasteiger partial charge in [-0.15, -0.1) is 5.10 Å². The molecule has 0 aliphatic rings. The van der Waals surface area contributed by atoms with E-state index in [4.69, 9.17) is 9.47 Å². The normalized spacial score (nSPS) is 12.6. The maximum atomic E-state index is 5.60. The molecule has 0 aliphatic carbocycles. The van der Waals surface area contributed by atoms with Gasteiger partial charge in [-0.3, -0.25) is 0 Å². The fourth-order valence-corrected chi connectivity index (χ4v) is 1.97. The molecule has 1 rings (SSSR count). The van der Waals surface area contributed by atoms with Gasteiger partial charge in [0.05, 0.1) is 6.61 Å². The molecule has 0 radical (unpaired) electrons. The first-order chi connectivity index (χ1) is 8.26. The molecule has 1 atom stereocenters. The van der Waals surface area contributed by atoms with Crippen LogP contribution in [-0.4, -0.2) is 36.1 Å². The second-order valence-electron chi connectivity index (χ2n) is 3.73. The topological polar surface area (TPSA) is 56.3 Å². The molecule has 0 saturated heterocycles. The van der Waals surface area contributed by atoms with Crippen molar-refractivity contribution in [3.8, 4) is 5.19 Å². The first kappa shape index (κ1) is 14.3. The van der Waals surface area contributed by atoms with Crippen LogP contribution in [0.2, 0.25) is 0 Å². The van der Waals surface area contributed by atoms with Gasteiger partial charge in [0.2, 0.25) is 0 Å². The summed E-state index contributed by atoms with van der Waals surface area (Å²) < 4.78 is 10.9.